The molecule has 1 aliphatic heterocycles. The van der Waals surface area contributed by atoms with Gasteiger partial charge < -0.3 is 0 Å². The van der Waals surface area contributed by atoms with Crippen molar-refractivity contribution in [3.63, 3.8) is 0 Å². The third-order valence-electron chi connectivity index (χ3n) is 2.22. The molecule has 0 bridgehead atoms. The molecule has 1 atom stereocenters. The van der Waals surface area contributed by atoms with Crippen LogP contribution in [-0.2, 0) is 0 Å². The van der Waals surface area contributed by atoms with Gasteiger partial charge in [0.25, 0.3) is 0 Å². The van der Waals surface area contributed by atoms with Gasteiger partial charge in [-0.25, -0.2) is 4.78 Å². The molecule has 0 saturated carbocycles. The SMILES string of the molecule is CSP1N(C)B(C)N(C)N1C. The van der Waals surface area contributed by atoms with E-state index in [0.29, 0.717) is 6.98 Å². The fourth-order valence-corrected chi connectivity index (χ4v) is 5.16. The molecule has 0 aromatic carbocycles. The lowest BCUT2D eigenvalue weighted by molar-refractivity contribution is 0.262. The van der Waals surface area contributed by atoms with E-state index >= 15 is 0 Å². The first-order chi connectivity index (χ1) is 5.09. The summed E-state index contributed by atoms with van der Waals surface area (Å²) < 4.78 is 4.74. The predicted molar refractivity (Wildman–Crippen MR) is 55.3 cm³/mol. The number of hydrazine groups is 1. The molecule has 11 heavy (non-hydrogen) atoms. The quantitative estimate of drug-likeness (QED) is 0.457. The zero-order chi connectivity index (χ0) is 8.59. The lowest BCUT2D eigenvalue weighted by Crippen LogP contribution is -2.39. The van der Waals surface area contributed by atoms with Gasteiger partial charge >= 0.3 is 6.98 Å². The Hall–Kier alpha value is 0.725. The fourth-order valence-electron chi connectivity index (χ4n) is 1.20. The van der Waals surface area contributed by atoms with Crippen LogP contribution in [0.1, 0.15) is 0 Å². The van der Waals surface area contributed by atoms with E-state index in [-0.39, 0.29) is 7.42 Å². The van der Waals surface area contributed by atoms with Crippen molar-refractivity contribution < 1.29 is 0 Å². The molecule has 1 aliphatic rings. The van der Waals surface area contributed by atoms with Gasteiger partial charge in [-0.15, -0.1) is 11.4 Å². The Bertz CT molecular complexity index is 136. The highest BCUT2D eigenvalue weighted by Crippen LogP contribution is 2.57. The number of rotatable bonds is 1. The van der Waals surface area contributed by atoms with E-state index < -0.39 is 0 Å². The summed E-state index contributed by atoms with van der Waals surface area (Å²) in [6.45, 7) is 2.77. The minimum atomic E-state index is -0.135. The third kappa shape index (κ3) is 1.58. The highest BCUT2D eigenvalue weighted by Gasteiger charge is 2.39. The summed E-state index contributed by atoms with van der Waals surface area (Å²) in [6, 6.07) is 0. The van der Waals surface area contributed by atoms with Crippen molar-refractivity contribution in [2.24, 2.45) is 0 Å². The van der Waals surface area contributed by atoms with Crippen LogP contribution in [0.5, 0.6) is 0 Å². The molecule has 0 amide bonds. The average Bonchev–Trinajstić information content (AvgIpc) is 2.17. The van der Waals surface area contributed by atoms with Crippen molar-refractivity contribution >= 4 is 25.8 Å². The van der Waals surface area contributed by atoms with Crippen molar-refractivity contribution in [2.45, 2.75) is 6.82 Å². The van der Waals surface area contributed by atoms with Crippen LogP contribution in [0, 0.1) is 0 Å². The molecule has 64 valence electrons. The van der Waals surface area contributed by atoms with Gasteiger partial charge in [0.1, 0.15) is 7.42 Å². The van der Waals surface area contributed by atoms with Gasteiger partial charge in [0, 0.05) is 7.05 Å². The summed E-state index contributed by atoms with van der Waals surface area (Å²) in [5.74, 6) is 0. The van der Waals surface area contributed by atoms with E-state index in [1.165, 1.54) is 0 Å². The van der Waals surface area contributed by atoms with E-state index in [1.807, 2.05) is 11.4 Å². The highest BCUT2D eigenvalue weighted by molar-refractivity contribution is 8.54. The minimum absolute atomic E-state index is 0.135. The third-order valence-corrected chi connectivity index (χ3v) is 6.66. The molecule has 0 radical (unpaired) electrons. The van der Waals surface area contributed by atoms with Gasteiger partial charge in [-0.1, -0.05) is 6.82 Å². The zero-order valence-corrected chi connectivity index (χ0v) is 9.49. The maximum atomic E-state index is 2.42. The first-order valence-electron chi connectivity index (χ1n) is 3.63. The van der Waals surface area contributed by atoms with Crippen LogP contribution >= 0.6 is 18.8 Å². The summed E-state index contributed by atoms with van der Waals surface area (Å²) in [6.07, 6.45) is 2.17. The van der Waals surface area contributed by atoms with Crippen LogP contribution in [0.15, 0.2) is 0 Å². The molecule has 1 saturated heterocycles. The number of nitrogens with zero attached hydrogens (tertiary/aromatic N) is 3. The summed E-state index contributed by atoms with van der Waals surface area (Å²) in [5, 5.41) is 0. The molecular weight excluding hydrogens is 176 g/mol. The average molecular weight is 191 g/mol. The Morgan fingerprint density at radius 1 is 1.27 bits per heavy atom. The topological polar surface area (TPSA) is 9.72 Å². The van der Waals surface area contributed by atoms with E-state index in [9.17, 15) is 0 Å². The molecule has 0 N–H and O–H groups in total. The minimum Gasteiger partial charge on any atom is -0.287 e. The maximum Gasteiger partial charge on any atom is 0.327 e. The summed E-state index contributed by atoms with van der Waals surface area (Å²) in [4.78, 5) is 2.28. The van der Waals surface area contributed by atoms with Crippen molar-refractivity contribution in [3.8, 4) is 0 Å². The Kier molecular flexibility index (Phi) is 3.23. The summed E-state index contributed by atoms with van der Waals surface area (Å²) >= 11 is 1.93. The Morgan fingerprint density at radius 2 is 1.82 bits per heavy atom. The molecule has 0 spiro atoms. The van der Waals surface area contributed by atoms with Gasteiger partial charge in [0.05, 0.1) is 0 Å². The van der Waals surface area contributed by atoms with Gasteiger partial charge in [0.15, 0.2) is 0 Å². The maximum absolute atomic E-state index is 2.42. The van der Waals surface area contributed by atoms with Crippen LogP contribution in [0.4, 0.5) is 0 Å². The van der Waals surface area contributed by atoms with Gasteiger partial charge in [0.2, 0.25) is 0 Å². The normalized spacial score (nSPS) is 30.3. The first kappa shape index (κ1) is 9.81. The molecule has 0 aliphatic carbocycles. The second-order valence-electron chi connectivity index (χ2n) is 2.70. The number of hydrogen-bond donors (Lipinski definition) is 0. The fraction of sp³-hybridized carbons (Fsp3) is 1.00. The molecule has 1 heterocycles. The number of hydrogen-bond acceptors (Lipinski definition) is 4. The smallest absolute Gasteiger partial charge is 0.287 e. The van der Waals surface area contributed by atoms with Crippen molar-refractivity contribution in [2.75, 3.05) is 27.4 Å². The predicted octanol–water partition coefficient (Wildman–Crippen LogP) is 1.42. The lowest BCUT2D eigenvalue weighted by Gasteiger charge is -2.24. The van der Waals surface area contributed by atoms with Crippen LogP contribution in [0.3, 0.4) is 0 Å². The van der Waals surface area contributed by atoms with Crippen molar-refractivity contribution in [3.05, 3.63) is 0 Å². The molecule has 0 aromatic heterocycles. The van der Waals surface area contributed by atoms with E-state index in [0.717, 1.165) is 0 Å². The molecular formula is C5H15BN3PS. The molecule has 6 heteroatoms. The highest BCUT2D eigenvalue weighted by atomic mass is 32.7. The first-order valence-corrected chi connectivity index (χ1v) is 6.70. The standard InChI is InChI=1S/C5H15BN3PS/c1-6-7(2)9(4)10(11-5)8(6)3/h1-5H3. The zero-order valence-electron chi connectivity index (χ0n) is 7.77. The summed E-state index contributed by atoms with van der Waals surface area (Å²) in [5.41, 5.74) is 0. The van der Waals surface area contributed by atoms with Crippen LogP contribution in [0.25, 0.3) is 0 Å². The van der Waals surface area contributed by atoms with Gasteiger partial charge in [-0.05, 0) is 20.4 Å². The van der Waals surface area contributed by atoms with Crippen molar-refractivity contribution in [1.82, 2.24) is 14.3 Å². The van der Waals surface area contributed by atoms with Crippen LogP contribution in [-0.4, -0.2) is 48.7 Å². The van der Waals surface area contributed by atoms with Crippen molar-refractivity contribution in [1.29, 1.82) is 0 Å². The Labute approximate surface area is 74.8 Å². The van der Waals surface area contributed by atoms with Crippen LogP contribution < -0.4 is 0 Å². The molecule has 3 nitrogen and oxygen atoms in total. The molecule has 0 aromatic rings. The lowest BCUT2D eigenvalue weighted by atomic mass is 9.80. The second kappa shape index (κ2) is 3.63. The second-order valence-corrected chi connectivity index (χ2v) is 6.86. The molecule has 1 unspecified atom stereocenters. The van der Waals surface area contributed by atoms with E-state index in [1.54, 1.807) is 0 Å². The largest absolute Gasteiger partial charge is 0.327 e. The monoisotopic (exact) mass is 191 g/mol. The van der Waals surface area contributed by atoms with E-state index in [4.69, 9.17) is 0 Å². The summed E-state index contributed by atoms with van der Waals surface area (Å²) in [7, 11) is 6.35. The molecule has 1 rings (SSSR count). The van der Waals surface area contributed by atoms with E-state index in [2.05, 4.69) is 48.5 Å². The molecule has 1 fully saturated rings. The van der Waals surface area contributed by atoms with Crippen LogP contribution in [0.2, 0.25) is 6.82 Å². The Morgan fingerprint density at radius 3 is 2.00 bits per heavy atom. The Balaban J connectivity index is 2.69. The van der Waals surface area contributed by atoms with Gasteiger partial charge in [-0.2, -0.15) is 0 Å². The van der Waals surface area contributed by atoms with Gasteiger partial charge in [-0.3, -0.25) is 9.50 Å².